The molecule has 0 fully saturated rings. The predicted molar refractivity (Wildman–Crippen MR) is 71.3 cm³/mol. The average Bonchev–Trinajstić information content (AvgIpc) is 2.28. The van der Waals surface area contributed by atoms with Gasteiger partial charge in [-0.2, -0.15) is 0 Å². The number of hydrogen-bond acceptors (Lipinski definition) is 4. The Kier molecular flexibility index (Phi) is 5.28. The van der Waals surface area contributed by atoms with Crippen molar-refractivity contribution in [1.82, 2.24) is 4.31 Å². The van der Waals surface area contributed by atoms with Crippen molar-refractivity contribution in [3.8, 4) is 0 Å². The van der Waals surface area contributed by atoms with Crippen LogP contribution < -0.4 is 5.73 Å². The molecule has 1 aromatic rings. The summed E-state index contributed by atoms with van der Waals surface area (Å²) in [7, 11) is -1.92. The molecule has 1 rings (SSSR count). The number of nitrogens with two attached hydrogens (primary N) is 1. The SMILES string of the molecule is CC(O)CN(C)S(=O)(=O)Cc1ccc(CN)cc1. The highest BCUT2D eigenvalue weighted by Gasteiger charge is 2.19. The smallest absolute Gasteiger partial charge is 0.218 e. The first-order valence-electron chi connectivity index (χ1n) is 5.75. The van der Waals surface area contributed by atoms with Gasteiger partial charge in [0.05, 0.1) is 11.9 Å². The van der Waals surface area contributed by atoms with E-state index in [0.29, 0.717) is 12.1 Å². The molecule has 0 saturated carbocycles. The third-order valence-electron chi connectivity index (χ3n) is 2.60. The van der Waals surface area contributed by atoms with Crippen LogP contribution in [0.25, 0.3) is 0 Å². The van der Waals surface area contributed by atoms with Gasteiger partial charge in [0.25, 0.3) is 0 Å². The van der Waals surface area contributed by atoms with E-state index in [-0.39, 0.29) is 12.3 Å². The molecule has 0 aliphatic heterocycles. The van der Waals surface area contributed by atoms with Crippen molar-refractivity contribution in [2.45, 2.75) is 25.3 Å². The molecule has 0 aliphatic rings. The van der Waals surface area contributed by atoms with E-state index in [4.69, 9.17) is 5.73 Å². The van der Waals surface area contributed by atoms with E-state index in [1.54, 1.807) is 19.1 Å². The molecule has 1 unspecified atom stereocenters. The van der Waals surface area contributed by atoms with Crippen molar-refractivity contribution in [2.24, 2.45) is 5.73 Å². The second kappa shape index (κ2) is 6.29. The number of nitrogens with zero attached hydrogens (tertiary/aromatic N) is 1. The van der Waals surface area contributed by atoms with Crippen LogP contribution in [-0.2, 0) is 22.3 Å². The molecule has 0 aliphatic carbocycles. The van der Waals surface area contributed by atoms with E-state index in [9.17, 15) is 13.5 Å². The van der Waals surface area contributed by atoms with E-state index in [2.05, 4.69) is 0 Å². The fourth-order valence-corrected chi connectivity index (χ4v) is 2.85. The minimum atomic E-state index is -3.39. The summed E-state index contributed by atoms with van der Waals surface area (Å²) >= 11 is 0. The Balaban J connectivity index is 2.75. The zero-order chi connectivity index (χ0) is 13.8. The lowest BCUT2D eigenvalue weighted by atomic mass is 10.1. The number of aliphatic hydroxyl groups is 1. The van der Waals surface area contributed by atoms with E-state index in [0.717, 1.165) is 5.56 Å². The van der Waals surface area contributed by atoms with Crippen molar-refractivity contribution >= 4 is 10.0 Å². The van der Waals surface area contributed by atoms with Gasteiger partial charge < -0.3 is 10.8 Å². The Morgan fingerprint density at radius 2 is 1.78 bits per heavy atom. The molecule has 1 aromatic carbocycles. The minimum absolute atomic E-state index is 0.0684. The molecule has 0 amide bonds. The van der Waals surface area contributed by atoms with Crippen LogP contribution in [0.5, 0.6) is 0 Å². The lowest BCUT2D eigenvalue weighted by Gasteiger charge is -2.18. The van der Waals surface area contributed by atoms with Crippen molar-refractivity contribution in [2.75, 3.05) is 13.6 Å². The standard InChI is InChI=1S/C12H20N2O3S/c1-10(15)8-14(2)18(16,17)9-12-5-3-11(7-13)4-6-12/h3-6,10,15H,7-9,13H2,1-2H3. The quantitative estimate of drug-likeness (QED) is 0.779. The van der Waals surface area contributed by atoms with E-state index < -0.39 is 16.1 Å². The normalized spacial score (nSPS) is 13.8. The van der Waals surface area contributed by atoms with Gasteiger partial charge in [0.15, 0.2) is 0 Å². The Hall–Kier alpha value is -0.950. The van der Waals surface area contributed by atoms with Gasteiger partial charge in [-0.1, -0.05) is 24.3 Å². The third kappa shape index (κ3) is 4.38. The number of benzene rings is 1. The highest BCUT2D eigenvalue weighted by molar-refractivity contribution is 7.88. The van der Waals surface area contributed by atoms with E-state index >= 15 is 0 Å². The van der Waals surface area contributed by atoms with Crippen LogP contribution in [0.3, 0.4) is 0 Å². The lowest BCUT2D eigenvalue weighted by molar-refractivity contribution is 0.171. The maximum absolute atomic E-state index is 12.0. The monoisotopic (exact) mass is 272 g/mol. The van der Waals surface area contributed by atoms with Crippen molar-refractivity contribution < 1.29 is 13.5 Å². The fourth-order valence-electron chi connectivity index (χ4n) is 1.58. The second-order valence-corrected chi connectivity index (χ2v) is 6.48. The van der Waals surface area contributed by atoms with Crippen LogP contribution in [0.1, 0.15) is 18.1 Å². The van der Waals surface area contributed by atoms with E-state index in [1.165, 1.54) is 11.4 Å². The van der Waals surface area contributed by atoms with Crippen LogP contribution in [0.4, 0.5) is 0 Å². The third-order valence-corrected chi connectivity index (χ3v) is 4.40. The van der Waals surface area contributed by atoms with Crippen molar-refractivity contribution in [1.29, 1.82) is 0 Å². The summed E-state index contributed by atoms with van der Waals surface area (Å²) in [6.45, 7) is 2.10. The zero-order valence-corrected chi connectivity index (χ0v) is 11.5. The van der Waals surface area contributed by atoms with Gasteiger partial charge in [-0.15, -0.1) is 0 Å². The molecule has 1 atom stereocenters. The molecular formula is C12H20N2O3S. The molecular weight excluding hydrogens is 252 g/mol. The molecule has 0 bridgehead atoms. The van der Waals surface area contributed by atoms with Gasteiger partial charge in [0, 0.05) is 20.1 Å². The Morgan fingerprint density at radius 1 is 1.28 bits per heavy atom. The zero-order valence-electron chi connectivity index (χ0n) is 10.7. The first-order valence-corrected chi connectivity index (χ1v) is 7.36. The first-order chi connectivity index (χ1) is 8.35. The predicted octanol–water partition coefficient (Wildman–Crippen LogP) is 0.288. The fraction of sp³-hybridized carbons (Fsp3) is 0.500. The van der Waals surface area contributed by atoms with Crippen LogP contribution >= 0.6 is 0 Å². The number of sulfonamides is 1. The highest BCUT2D eigenvalue weighted by atomic mass is 32.2. The molecule has 0 aromatic heterocycles. The summed E-state index contributed by atoms with van der Waals surface area (Å²) in [5.74, 6) is -0.0684. The molecule has 18 heavy (non-hydrogen) atoms. The topological polar surface area (TPSA) is 83.6 Å². The van der Waals surface area contributed by atoms with Crippen LogP contribution in [0.2, 0.25) is 0 Å². The number of aliphatic hydroxyl groups excluding tert-OH is 1. The Labute approximate surface area is 108 Å². The van der Waals surface area contributed by atoms with Gasteiger partial charge in [0.2, 0.25) is 10.0 Å². The average molecular weight is 272 g/mol. The first kappa shape index (κ1) is 15.1. The maximum atomic E-state index is 12.0. The van der Waals surface area contributed by atoms with Gasteiger partial charge in [0.1, 0.15) is 0 Å². The summed E-state index contributed by atoms with van der Waals surface area (Å²) in [6.07, 6.45) is -0.676. The van der Waals surface area contributed by atoms with Gasteiger partial charge in [-0.25, -0.2) is 12.7 Å². The second-order valence-electron chi connectivity index (χ2n) is 4.41. The van der Waals surface area contributed by atoms with Crippen LogP contribution in [0.15, 0.2) is 24.3 Å². The minimum Gasteiger partial charge on any atom is -0.392 e. The van der Waals surface area contributed by atoms with Crippen LogP contribution in [0, 0.1) is 0 Å². The highest BCUT2D eigenvalue weighted by Crippen LogP contribution is 2.11. The van der Waals surface area contributed by atoms with Crippen molar-refractivity contribution in [3.05, 3.63) is 35.4 Å². The number of rotatable bonds is 6. The Bertz CT molecular complexity index is 469. The molecule has 6 heteroatoms. The van der Waals surface area contributed by atoms with Crippen molar-refractivity contribution in [3.63, 3.8) is 0 Å². The maximum Gasteiger partial charge on any atom is 0.218 e. The summed E-state index contributed by atoms with van der Waals surface area (Å²) in [4.78, 5) is 0. The summed E-state index contributed by atoms with van der Waals surface area (Å²) in [5.41, 5.74) is 7.15. The van der Waals surface area contributed by atoms with E-state index in [1.807, 2.05) is 12.1 Å². The van der Waals surface area contributed by atoms with Gasteiger partial charge >= 0.3 is 0 Å². The molecule has 102 valence electrons. The largest absolute Gasteiger partial charge is 0.392 e. The number of hydrogen-bond donors (Lipinski definition) is 2. The summed E-state index contributed by atoms with van der Waals surface area (Å²) in [5, 5.41) is 9.20. The Morgan fingerprint density at radius 3 is 2.22 bits per heavy atom. The lowest BCUT2D eigenvalue weighted by Crippen LogP contribution is -2.33. The molecule has 0 heterocycles. The van der Waals surface area contributed by atoms with Gasteiger partial charge in [-0.05, 0) is 18.1 Å². The number of likely N-dealkylation sites (N-methyl/N-ethyl adjacent to an activating group) is 1. The molecule has 0 saturated heterocycles. The molecule has 0 spiro atoms. The summed E-state index contributed by atoms with van der Waals surface area (Å²) in [6, 6.07) is 7.16. The molecule has 3 N–H and O–H groups in total. The molecule has 0 radical (unpaired) electrons. The van der Waals surface area contributed by atoms with Crippen LogP contribution in [-0.4, -0.2) is 37.5 Å². The molecule has 5 nitrogen and oxygen atoms in total. The summed E-state index contributed by atoms with van der Waals surface area (Å²) < 4.78 is 25.1. The van der Waals surface area contributed by atoms with Gasteiger partial charge in [-0.3, -0.25) is 0 Å².